The van der Waals surface area contributed by atoms with E-state index in [4.69, 9.17) is 4.98 Å². The summed E-state index contributed by atoms with van der Waals surface area (Å²) in [6.45, 7) is 4.20. The van der Waals surface area contributed by atoms with Gasteiger partial charge in [0.2, 0.25) is 5.95 Å². The van der Waals surface area contributed by atoms with Crippen molar-refractivity contribution in [2.24, 2.45) is 0 Å². The molecule has 0 atom stereocenters. The molecule has 1 fully saturated rings. The Kier molecular flexibility index (Phi) is 5.68. The summed E-state index contributed by atoms with van der Waals surface area (Å²) >= 11 is 0. The number of nitrogens with zero attached hydrogens (tertiary/aromatic N) is 2. The first-order valence-electron chi connectivity index (χ1n) is 9.21. The Balaban J connectivity index is 1.75. The maximum atomic E-state index is 4.70. The third-order valence-corrected chi connectivity index (χ3v) is 4.70. The summed E-state index contributed by atoms with van der Waals surface area (Å²) in [4.78, 5) is 9.28. The summed E-state index contributed by atoms with van der Waals surface area (Å²) in [6.07, 6.45) is 8.76. The van der Waals surface area contributed by atoms with Crippen molar-refractivity contribution >= 4 is 17.5 Å². The van der Waals surface area contributed by atoms with Crippen LogP contribution in [0.3, 0.4) is 0 Å². The van der Waals surface area contributed by atoms with Crippen LogP contribution in [0.4, 0.5) is 17.5 Å². The first-order chi connectivity index (χ1) is 11.7. The Bertz CT molecular complexity index is 660. The van der Waals surface area contributed by atoms with E-state index in [0.29, 0.717) is 6.04 Å². The summed E-state index contributed by atoms with van der Waals surface area (Å²) < 4.78 is 0. The Labute approximate surface area is 145 Å². The molecule has 2 N–H and O–H groups in total. The fourth-order valence-electron chi connectivity index (χ4n) is 3.39. The molecule has 1 heterocycles. The average Bonchev–Trinajstić information content (AvgIpc) is 2.83. The maximum absolute atomic E-state index is 4.70. The summed E-state index contributed by atoms with van der Waals surface area (Å²) in [5.74, 6) is 1.61. The Morgan fingerprint density at radius 2 is 1.79 bits per heavy atom. The van der Waals surface area contributed by atoms with Crippen molar-refractivity contribution < 1.29 is 0 Å². The van der Waals surface area contributed by atoms with Crippen molar-refractivity contribution in [1.82, 2.24) is 9.97 Å². The molecule has 0 amide bonds. The third kappa shape index (κ3) is 4.47. The van der Waals surface area contributed by atoms with Gasteiger partial charge >= 0.3 is 0 Å². The van der Waals surface area contributed by atoms with Gasteiger partial charge in [-0.15, -0.1) is 0 Å². The van der Waals surface area contributed by atoms with Crippen molar-refractivity contribution in [3.63, 3.8) is 0 Å². The number of hydrogen-bond donors (Lipinski definition) is 2. The van der Waals surface area contributed by atoms with Crippen molar-refractivity contribution in [2.75, 3.05) is 10.6 Å². The molecule has 2 aromatic rings. The van der Waals surface area contributed by atoms with Gasteiger partial charge < -0.3 is 10.6 Å². The Hall–Kier alpha value is -2.10. The van der Waals surface area contributed by atoms with Crippen molar-refractivity contribution in [2.45, 2.75) is 64.8 Å². The van der Waals surface area contributed by atoms with Gasteiger partial charge in [0.25, 0.3) is 0 Å². The fourth-order valence-corrected chi connectivity index (χ4v) is 3.39. The van der Waals surface area contributed by atoms with Crippen molar-refractivity contribution in [3.8, 4) is 0 Å². The molecule has 4 heteroatoms. The predicted octanol–water partition coefficient (Wildman–Crippen LogP) is 5.23. The molecular weight excluding hydrogens is 296 g/mol. The molecule has 0 aliphatic heterocycles. The summed E-state index contributed by atoms with van der Waals surface area (Å²) in [5, 5.41) is 7.02. The van der Waals surface area contributed by atoms with E-state index in [0.717, 1.165) is 29.6 Å². The zero-order valence-corrected chi connectivity index (χ0v) is 14.8. The Morgan fingerprint density at radius 3 is 2.54 bits per heavy atom. The quantitative estimate of drug-likeness (QED) is 0.740. The van der Waals surface area contributed by atoms with Crippen molar-refractivity contribution in [1.29, 1.82) is 0 Å². The molecule has 24 heavy (non-hydrogen) atoms. The molecule has 0 radical (unpaired) electrons. The highest BCUT2D eigenvalue weighted by Gasteiger charge is 2.14. The van der Waals surface area contributed by atoms with Gasteiger partial charge in [0.1, 0.15) is 5.82 Å². The normalized spacial score (nSPS) is 15.8. The molecule has 1 aromatic heterocycles. The number of benzene rings is 1. The lowest BCUT2D eigenvalue weighted by molar-refractivity contribution is 0.614. The SMILES string of the molecule is CCc1ccccc1Nc1cc(C)nc(NC2CCCCCC2)n1. The minimum absolute atomic E-state index is 0.505. The topological polar surface area (TPSA) is 49.8 Å². The van der Waals surface area contributed by atoms with E-state index in [2.05, 4.69) is 46.8 Å². The lowest BCUT2D eigenvalue weighted by Gasteiger charge is -2.17. The smallest absolute Gasteiger partial charge is 0.225 e. The van der Waals surface area contributed by atoms with Crippen LogP contribution in [0.2, 0.25) is 0 Å². The number of para-hydroxylation sites is 1. The predicted molar refractivity (Wildman–Crippen MR) is 101 cm³/mol. The molecule has 1 aromatic carbocycles. The maximum Gasteiger partial charge on any atom is 0.225 e. The highest BCUT2D eigenvalue weighted by Crippen LogP contribution is 2.23. The monoisotopic (exact) mass is 324 g/mol. The standard InChI is InChI=1S/C20H28N4/c1-3-16-10-8-9-13-18(16)23-19-14-15(2)21-20(24-19)22-17-11-6-4-5-7-12-17/h8-10,13-14,17H,3-7,11-12H2,1-2H3,(H2,21,22,23,24). The number of aryl methyl sites for hydroxylation is 2. The van der Waals surface area contributed by atoms with Gasteiger partial charge in [0.15, 0.2) is 0 Å². The molecule has 3 rings (SSSR count). The third-order valence-electron chi connectivity index (χ3n) is 4.70. The molecular formula is C20H28N4. The zero-order chi connectivity index (χ0) is 16.8. The van der Waals surface area contributed by atoms with Crippen LogP contribution in [-0.2, 0) is 6.42 Å². The molecule has 128 valence electrons. The first-order valence-corrected chi connectivity index (χ1v) is 9.21. The average molecular weight is 324 g/mol. The van der Waals surface area contributed by atoms with Crippen LogP contribution >= 0.6 is 0 Å². The fraction of sp³-hybridized carbons (Fsp3) is 0.500. The van der Waals surface area contributed by atoms with E-state index < -0.39 is 0 Å². The van der Waals surface area contributed by atoms with Crippen LogP contribution in [0.5, 0.6) is 0 Å². The summed E-state index contributed by atoms with van der Waals surface area (Å²) in [6, 6.07) is 10.9. The van der Waals surface area contributed by atoms with E-state index in [9.17, 15) is 0 Å². The van der Waals surface area contributed by atoms with Crippen LogP contribution in [0.1, 0.15) is 56.7 Å². The van der Waals surface area contributed by atoms with Gasteiger partial charge in [0, 0.05) is 23.5 Å². The van der Waals surface area contributed by atoms with Gasteiger partial charge in [-0.2, -0.15) is 4.98 Å². The number of anilines is 3. The van der Waals surface area contributed by atoms with E-state index in [1.807, 2.05) is 13.0 Å². The lowest BCUT2D eigenvalue weighted by atomic mass is 10.1. The van der Waals surface area contributed by atoms with Gasteiger partial charge in [-0.05, 0) is 37.8 Å². The molecule has 0 bridgehead atoms. The highest BCUT2D eigenvalue weighted by molar-refractivity contribution is 5.61. The molecule has 0 unspecified atom stereocenters. The number of hydrogen-bond acceptors (Lipinski definition) is 4. The zero-order valence-electron chi connectivity index (χ0n) is 14.8. The van der Waals surface area contributed by atoms with Crippen molar-refractivity contribution in [3.05, 3.63) is 41.6 Å². The van der Waals surface area contributed by atoms with E-state index in [-0.39, 0.29) is 0 Å². The largest absolute Gasteiger partial charge is 0.351 e. The number of rotatable bonds is 5. The van der Waals surface area contributed by atoms with Crippen LogP contribution < -0.4 is 10.6 Å². The minimum atomic E-state index is 0.505. The van der Waals surface area contributed by atoms with Gasteiger partial charge in [0.05, 0.1) is 0 Å². The van der Waals surface area contributed by atoms with E-state index in [1.54, 1.807) is 0 Å². The summed E-state index contributed by atoms with van der Waals surface area (Å²) in [5.41, 5.74) is 3.41. The molecule has 1 aliphatic carbocycles. The minimum Gasteiger partial charge on any atom is -0.351 e. The molecule has 0 saturated heterocycles. The van der Waals surface area contributed by atoms with Crippen LogP contribution in [-0.4, -0.2) is 16.0 Å². The highest BCUT2D eigenvalue weighted by atomic mass is 15.2. The number of aromatic nitrogens is 2. The first kappa shape index (κ1) is 16.7. The van der Waals surface area contributed by atoms with Gasteiger partial charge in [-0.25, -0.2) is 4.98 Å². The molecule has 0 spiro atoms. The van der Waals surface area contributed by atoms with E-state index in [1.165, 1.54) is 44.1 Å². The van der Waals surface area contributed by atoms with Gasteiger partial charge in [-0.1, -0.05) is 50.8 Å². The Morgan fingerprint density at radius 1 is 1.04 bits per heavy atom. The molecule has 4 nitrogen and oxygen atoms in total. The molecule has 1 aliphatic rings. The van der Waals surface area contributed by atoms with Gasteiger partial charge in [-0.3, -0.25) is 0 Å². The molecule has 1 saturated carbocycles. The number of nitrogens with one attached hydrogen (secondary N) is 2. The second-order valence-corrected chi connectivity index (χ2v) is 6.69. The summed E-state index contributed by atoms with van der Waals surface area (Å²) in [7, 11) is 0. The van der Waals surface area contributed by atoms with Crippen LogP contribution in [0, 0.1) is 6.92 Å². The van der Waals surface area contributed by atoms with Crippen LogP contribution in [0.25, 0.3) is 0 Å². The van der Waals surface area contributed by atoms with Crippen LogP contribution in [0.15, 0.2) is 30.3 Å². The second kappa shape index (κ2) is 8.13. The lowest BCUT2D eigenvalue weighted by Crippen LogP contribution is -2.20. The van der Waals surface area contributed by atoms with E-state index >= 15 is 0 Å². The second-order valence-electron chi connectivity index (χ2n) is 6.69.